The molecule has 20 heavy (non-hydrogen) atoms. The molecular formula is C13H11F3N2O2. The molecule has 0 aliphatic carbocycles. The predicted molar refractivity (Wildman–Crippen MR) is 69.0 cm³/mol. The summed E-state index contributed by atoms with van der Waals surface area (Å²) in [6.07, 6.45) is -4.67. The van der Waals surface area contributed by atoms with Crippen LogP contribution in [0.4, 0.5) is 24.5 Å². The second-order valence-electron chi connectivity index (χ2n) is 4.23. The van der Waals surface area contributed by atoms with E-state index in [1.54, 1.807) is 0 Å². The fourth-order valence-electron chi connectivity index (χ4n) is 1.79. The quantitative estimate of drug-likeness (QED) is 0.478. The Labute approximate surface area is 112 Å². The molecule has 0 aliphatic heterocycles. The first-order valence-corrected chi connectivity index (χ1v) is 5.48. The number of phenolic OH excluding ortho intramolecular Hbond substituents is 2. The molecule has 0 fully saturated rings. The second-order valence-corrected chi connectivity index (χ2v) is 4.23. The van der Waals surface area contributed by atoms with Gasteiger partial charge in [-0.15, -0.1) is 0 Å². The lowest BCUT2D eigenvalue weighted by atomic mass is 9.97. The summed E-state index contributed by atoms with van der Waals surface area (Å²) < 4.78 is 39.0. The summed E-state index contributed by atoms with van der Waals surface area (Å²) in [5, 5.41) is 18.8. The fourth-order valence-corrected chi connectivity index (χ4v) is 1.79. The number of hydrogen-bond acceptors (Lipinski definition) is 4. The van der Waals surface area contributed by atoms with Gasteiger partial charge in [-0.05, 0) is 35.4 Å². The molecule has 0 aromatic heterocycles. The van der Waals surface area contributed by atoms with Crippen LogP contribution in [0.1, 0.15) is 5.56 Å². The first kappa shape index (κ1) is 13.9. The standard InChI is InChI=1S/C13H11F3N2O2/c14-13(15,16)8-5-12(20)10(18)4-7(8)6-1-2-9(17)11(19)3-6/h1-5,19-20H,17-18H2. The van der Waals surface area contributed by atoms with E-state index >= 15 is 0 Å². The molecule has 6 N–H and O–H groups in total. The van der Waals surface area contributed by atoms with Crippen molar-refractivity contribution in [3.63, 3.8) is 0 Å². The fraction of sp³-hybridized carbons (Fsp3) is 0.0769. The van der Waals surface area contributed by atoms with Gasteiger partial charge in [-0.1, -0.05) is 6.07 Å². The Morgan fingerprint density at radius 1 is 0.850 bits per heavy atom. The number of phenols is 2. The average Bonchev–Trinajstić information content (AvgIpc) is 2.34. The number of halogens is 3. The van der Waals surface area contributed by atoms with Crippen LogP contribution >= 0.6 is 0 Å². The summed E-state index contributed by atoms with van der Waals surface area (Å²) in [4.78, 5) is 0. The maximum atomic E-state index is 13.0. The average molecular weight is 284 g/mol. The van der Waals surface area contributed by atoms with Crippen molar-refractivity contribution < 1.29 is 23.4 Å². The Kier molecular flexibility index (Phi) is 3.13. The van der Waals surface area contributed by atoms with Crippen LogP contribution in [0.2, 0.25) is 0 Å². The minimum Gasteiger partial charge on any atom is -0.506 e. The molecule has 0 unspecified atom stereocenters. The van der Waals surface area contributed by atoms with E-state index in [1.165, 1.54) is 12.1 Å². The number of alkyl halides is 3. The van der Waals surface area contributed by atoms with Gasteiger partial charge in [0.25, 0.3) is 0 Å². The van der Waals surface area contributed by atoms with E-state index in [0.717, 1.165) is 12.1 Å². The second kappa shape index (κ2) is 4.52. The minimum atomic E-state index is -4.67. The highest BCUT2D eigenvalue weighted by Gasteiger charge is 2.34. The SMILES string of the molecule is Nc1ccc(-c2cc(N)c(O)cc2C(F)(F)F)cc1O. The Balaban J connectivity index is 2.72. The molecule has 0 spiro atoms. The zero-order valence-electron chi connectivity index (χ0n) is 10.1. The number of hydrogen-bond donors (Lipinski definition) is 4. The summed E-state index contributed by atoms with van der Waals surface area (Å²) in [5.41, 5.74) is 9.50. The summed E-state index contributed by atoms with van der Waals surface area (Å²) >= 11 is 0. The van der Waals surface area contributed by atoms with Gasteiger partial charge in [0.15, 0.2) is 0 Å². The lowest BCUT2D eigenvalue weighted by Crippen LogP contribution is -2.08. The molecule has 0 amide bonds. The van der Waals surface area contributed by atoms with Gasteiger partial charge >= 0.3 is 6.18 Å². The highest BCUT2D eigenvalue weighted by atomic mass is 19.4. The Morgan fingerprint density at radius 3 is 2.00 bits per heavy atom. The van der Waals surface area contributed by atoms with Gasteiger partial charge in [-0.2, -0.15) is 13.2 Å². The topological polar surface area (TPSA) is 92.5 Å². The van der Waals surface area contributed by atoms with Crippen molar-refractivity contribution in [1.82, 2.24) is 0 Å². The summed E-state index contributed by atoms with van der Waals surface area (Å²) in [6.45, 7) is 0. The predicted octanol–water partition coefficient (Wildman–Crippen LogP) is 2.95. The first-order chi connectivity index (χ1) is 9.20. The van der Waals surface area contributed by atoms with E-state index in [4.69, 9.17) is 11.5 Å². The normalized spacial score (nSPS) is 11.6. The third-order valence-corrected chi connectivity index (χ3v) is 2.81. The first-order valence-electron chi connectivity index (χ1n) is 5.48. The highest BCUT2D eigenvalue weighted by molar-refractivity contribution is 5.77. The Hall–Kier alpha value is -2.57. The van der Waals surface area contributed by atoms with Crippen molar-refractivity contribution in [3.05, 3.63) is 35.9 Å². The van der Waals surface area contributed by atoms with Crippen LogP contribution in [-0.2, 0) is 6.18 Å². The van der Waals surface area contributed by atoms with Gasteiger partial charge < -0.3 is 21.7 Å². The van der Waals surface area contributed by atoms with Crippen LogP contribution in [0.3, 0.4) is 0 Å². The maximum absolute atomic E-state index is 13.0. The van der Waals surface area contributed by atoms with Gasteiger partial charge in [-0.3, -0.25) is 0 Å². The third kappa shape index (κ3) is 2.42. The van der Waals surface area contributed by atoms with Gasteiger partial charge in [0, 0.05) is 0 Å². The zero-order valence-corrected chi connectivity index (χ0v) is 10.1. The van der Waals surface area contributed by atoms with Gasteiger partial charge in [0.1, 0.15) is 11.5 Å². The number of aromatic hydroxyl groups is 2. The van der Waals surface area contributed by atoms with E-state index in [9.17, 15) is 23.4 Å². The lowest BCUT2D eigenvalue weighted by molar-refractivity contribution is -0.137. The molecule has 2 aromatic rings. The lowest BCUT2D eigenvalue weighted by Gasteiger charge is -2.15. The van der Waals surface area contributed by atoms with Crippen molar-refractivity contribution in [3.8, 4) is 22.6 Å². The summed E-state index contributed by atoms with van der Waals surface area (Å²) in [5.74, 6) is -0.983. The van der Waals surface area contributed by atoms with Crippen molar-refractivity contribution in [2.75, 3.05) is 11.5 Å². The Morgan fingerprint density at radius 2 is 1.45 bits per heavy atom. The van der Waals surface area contributed by atoms with Crippen molar-refractivity contribution >= 4 is 11.4 Å². The smallest absolute Gasteiger partial charge is 0.417 e. The van der Waals surface area contributed by atoms with Crippen LogP contribution in [0, 0.1) is 0 Å². The zero-order chi connectivity index (χ0) is 15.1. The molecule has 0 atom stereocenters. The molecule has 4 nitrogen and oxygen atoms in total. The van der Waals surface area contributed by atoms with Crippen LogP contribution < -0.4 is 11.5 Å². The molecule has 0 saturated carbocycles. The summed E-state index contributed by atoms with van der Waals surface area (Å²) in [6, 6.07) is 5.28. The maximum Gasteiger partial charge on any atom is 0.417 e. The highest BCUT2D eigenvalue weighted by Crippen LogP contribution is 2.42. The van der Waals surface area contributed by atoms with E-state index < -0.39 is 17.5 Å². The van der Waals surface area contributed by atoms with E-state index in [-0.39, 0.29) is 28.3 Å². The molecule has 0 saturated heterocycles. The monoisotopic (exact) mass is 284 g/mol. The molecule has 0 heterocycles. The molecule has 2 aromatic carbocycles. The number of nitrogens with two attached hydrogens (primary N) is 2. The number of nitrogen functional groups attached to an aromatic ring is 2. The van der Waals surface area contributed by atoms with Crippen molar-refractivity contribution in [2.24, 2.45) is 0 Å². The van der Waals surface area contributed by atoms with Gasteiger partial charge in [0.2, 0.25) is 0 Å². The van der Waals surface area contributed by atoms with Crippen LogP contribution in [-0.4, -0.2) is 10.2 Å². The van der Waals surface area contributed by atoms with Crippen molar-refractivity contribution in [2.45, 2.75) is 6.18 Å². The molecule has 2 rings (SSSR count). The van der Waals surface area contributed by atoms with Gasteiger partial charge in [-0.25, -0.2) is 0 Å². The van der Waals surface area contributed by atoms with Crippen LogP contribution in [0.5, 0.6) is 11.5 Å². The molecule has 0 radical (unpaired) electrons. The number of anilines is 2. The molecule has 7 heteroatoms. The van der Waals surface area contributed by atoms with E-state index in [1.807, 2.05) is 0 Å². The van der Waals surface area contributed by atoms with E-state index in [0.29, 0.717) is 6.07 Å². The van der Waals surface area contributed by atoms with Crippen molar-refractivity contribution in [1.29, 1.82) is 0 Å². The van der Waals surface area contributed by atoms with Gasteiger partial charge in [0.05, 0.1) is 16.9 Å². The number of benzene rings is 2. The minimum absolute atomic E-state index is 0.0501. The van der Waals surface area contributed by atoms with Crippen LogP contribution in [0.15, 0.2) is 30.3 Å². The molecule has 0 bridgehead atoms. The largest absolute Gasteiger partial charge is 0.506 e. The number of rotatable bonds is 1. The molecular weight excluding hydrogens is 273 g/mol. The van der Waals surface area contributed by atoms with Crippen LogP contribution in [0.25, 0.3) is 11.1 Å². The molecule has 106 valence electrons. The van der Waals surface area contributed by atoms with E-state index in [2.05, 4.69) is 0 Å². The molecule has 0 aliphatic rings. The Bertz CT molecular complexity index is 669. The third-order valence-electron chi connectivity index (χ3n) is 2.81. The summed E-state index contributed by atoms with van der Waals surface area (Å²) in [7, 11) is 0.